The predicted molar refractivity (Wildman–Crippen MR) is 76.1 cm³/mol. The molecule has 2 rings (SSSR count). The number of ether oxygens (including phenoxy) is 1. The van der Waals surface area contributed by atoms with Gasteiger partial charge in [0.2, 0.25) is 0 Å². The molecule has 5 heteroatoms. The number of carbonyl (C=O) groups is 1. The van der Waals surface area contributed by atoms with Crippen LogP contribution in [0.4, 0.5) is 10.1 Å². The zero-order chi connectivity index (χ0) is 14.7. The molecule has 104 valence electrons. The summed E-state index contributed by atoms with van der Waals surface area (Å²) in [5, 5.41) is 0.0363. The molecule has 0 atom stereocenters. The molecular formula is C15H13ClFNO2. The van der Waals surface area contributed by atoms with E-state index in [1.54, 1.807) is 31.2 Å². The molecule has 0 aromatic heterocycles. The first kappa shape index (κ1) is 14.3. The van der Waals surface area contributed by atoms with E-state index in [1.165, 1.54) is 12.1 Å². The van der Waals surface area contributed by atoms with Gasteiger partial charge < -0.3 is 10.5 Å². The van der Waals surface area contributed by atoms with Gasteiger partial charge in [-0.3, -0.25) is 0 Å². The smallest absolute Gasteiger partial charge is 0.338 e. The van der Waals surface area contributed by atoms with Gasteiger partial charge in [0.05, 0.1) is 10.6 Å². The van der Waals surface area contributed by atoms with E-state index in [0.717, 1.165) is 5.56 Å². The lowest BCUT2D eigenvalue weighted by molar-refractivity contribution is 0.0472. The fraction of sp³-hybridized carbons (Fsp3) is 0.133. The number of hydrogen-bond donors (Lipinski definition) is 1. The number of anilines is 1. The summed E-state index contributed by atoms with van der Waals surface area (Å²) in [5.41, 5.74) is 8.04. The number of esters is 1. The Morgan fingerprint density at radius 2 is 2.05 bits per heavy atom. The lowest BCUT2D eigenvalue weighted by Gasteiger charge is -2.07. The number of hydrogen-bond acceptors (Lipinski definition) is 3. The third-order valence-electron chi connectivity index (χ3n) is 2.86. The molecule has 0 fully saturated rings. The van der Waals surface area contributed by atoms with E-state index < -0.39 is 11.8 Å². The quantitative estimate of drug-likeness (QED) is 0.693. The van der Waals surface area contributed by atoms with Gasteiger partial charge >= 0.3 is 5.97 Å². The number of halogens is 2. The molecule has 0 saturated heterocycles. The maximum absolute atomic E-state index is 13.2. The number of nitrogen functional groups attached to an aromatic ring is 1. The first-order valence-corrected chi connectivity index (χ1v) is 6.32. The van der Waals surface area contributed by atoms with Crippen LogP contribution >= 0.6 is 11.6 Å². The molecule has 0 aliphatic heterocycles. The van der Waals surface area contributed by atoms with Crippen molar-refractivity contribution < 1.29 is 13.9 Å². The molecule has 0 saturated carbocycles. The summed E-state index contributed by atoms with van der Waals surface area (Å²) in [7, 11) is 0. The van der Waals surface area contributed by atoms with Gasteiger partial charge in [0, 0.05) is 5.69 Å². The molecule has 3 nitrogen and oxygen atoms in total. The van der Waals surface area contributed by atoms with Crippen LogP contribution in [0.15, 0.2) is 36.4 Å². The van der Waals surface area contributed by atoms with Crippen LogP contribution in [0.3, 0.4) is 0 Å². The lowest BCUT2D eigenvalue weighted by atomic mass is 10.1. The normalized spacial score (nSPS) is 10.3. The second-order valence-electron chi connectivity index (χ2n) is 4.40. The summed E-state index contributed by atoms with van der Waals surface area (Å²) in [4.78, 5) is 11.9. The maximum atomic E-state index is 13.2. The molecule has 0 aliphatic carbocycles. The number of aryl methyl sites for hydroxylation is 1. The lowest BCUT2D eigenvalue weighted by Crippen LogP contribution is -2.06. The van der Waals surface area contributed by atoms with Crippen LogP contribution in [0.2, 0.25) is 5.02 Å². The average Bonchev–Trinajstić information content (AvgIpc) is 2.43. The molecular weight excluding hydrogens is 281 g/mol. The minimum atomic E-state index is -0.538. The van der Waals surface area contributed by atoms with Crippen LogP contribution in [-0.2, 0) is 11.3 Å². The highest BCUT2D eigenvalue weighted by Crippen LogP contribution is 2.17. The van der Waals surface area contributed by atoms with Crippen molar-refractivity contribution in [3.63, 3.8) is 0 Å². The first-order chi connectivity index (χ1) is 9.47. The van der Waals surface area contributed by atoms with Gasteiger partial charge in [0.25, 0.3) is 0 Å². The summed E-state index contributed by atoms with van der Waals surface area (Å²) in [6.07, 6.45) is 0. The Morgan fingerprint density at radius 3 is 2.70 bits per heavy atom. The Balaban J connectivity index is 2.04. The van der Waals surface area contributed by atoms with Crippen molar-refractivity contribution in [2.45, 2.75) is 13.5 Å². The van der Waals surface area contributed by atoms with Gasteiger partial charge in [0.1, 0.15) is 12.4 Å². The van der Waals surface area contributed by atoms with Crippen LogP contribution in [0.5, 0.6) is 0 Å². The van der Waals surface area contributed by atoms with Crippen molar-refractivity contribution in [3.05, 3.63) is 63.9 Å². The van der Waals surface area contributed by atoms with E-state index in [1.807, 2.05) is 0 Å². The summed E-state index contributed by atoms with van der Waals surface area (Å²) in [6.45, 7) is 1.79. The van der Waals surface area contributed by atoms with E-state index in [4.69, 9.17) is 22.1 Å². The minimum absolute atomic E-state index is 0.0175. The number of carbonyl (C=O) groups excluding carboxylic acids is 1. The van der Waals surface area contributed by atoms with E-state index in [0.29, 0.717) is 16.8 Å². The Hall–Kier alpha value is -2.07. The molecule has 0 heterocycles. The Labute approximate surface area is 121 Å². The zero-order valence-electron chi connectivity index (χ0n) is 10.8. The topological polar surface area (TPSA) is 52.3 Å². The van der Waals surface area contributed by atoms with Crippen LogP contribution < -0.4 is 5.73 Å². The SMILES string of the molecule is Cc1cc(C(=O)OCc2ccc(Cl)c(F)c2)ccc1N. The van der Waals surface area contributed by atoms with Gasteiger partial charge in [-0.15, -0.1) is 0 Å². The third-order valence-corrected chi connectivity index (χ3v) is 3.17. The molecule has 2 N–H and O–H groups in total. The molecule has 2 aromatic rings. The molecule has 0 spiro atoms. The van der Waals surface area contributed by atoms with E-state index >= 15 is 0 Å². The summed E-state index contributed by atoms with van der Waals surface area (Å²) >= 11 is 5.58. The van der Waals surface area contributed by atoms with Crippen molar-refractivity contribution in [2.75, 3.05) is 5.73 Å². The third kappa shape index (κ3) is 3.27. The molecule has 0 aliphatic rings. The Kier molecular flexibility index (Phi) is 4.25. The van der Waals surface area contributed by atoms with Gasteiger partial charge in [0.15, 0.2) is 0 Å². The van der Waals surface area contributed by atoms with Crippen molar-refractivity contribution >= 4 is 23.3 Å². The second-order valence-corrected chi connectivity index (χ2v) is 4.80. The van der Waals surface area contributed by atoms with Crippen molar-refractivity contribution in [2.24, 2.45) is 0 Å². The summed E-state index contributed by atoms with van der Waals surface area (Å²) < 4.78 is 18.4. The average molecular weight is 294 g/mol. The Bertz CT molecular complexity index is 658. The van der Waals surface area contributed by atoms with E-state index in [-0.39, 0.29) is 11.6 Å². The van der Waals surface area contributed by atoms with Crippen LogP contribution in [0.25, 0.3) is 0 Å². The first-order valence-electron chi connectivity index (χ1n) is 5.94. The minimum Gasteiger partial charge on any atom is -0.457 e. The number of benzene rings is 2. The van der Waals surface area contributed by atoms with E-state index in [2.05, 4.69) is 0 Å². The van der Waals surface area contributed by atoms with Gasteiger partial charge in [-0.1, -0.05) is 17.7 Å². The van der Waals surface area contributed by atoms with Gasteiger partial charge in [-0.2, -0.15) is 0 Å². The Morgan fingerprint density at radius 1 is 1.30 bits per heavy atom. The van der Waals surface area contributed by atoms with Crippen molar-refractivity contribution in [3.8, 4) is 0 Å². The van der Waals surface area contributed by atoms with E-state index in [9.17, 15) is 9.18 Å². The standard InChI is InChI=1S/C15H13ClFNO2/c1-9-6-11(3-5-14(9)18)15(19)20-8-10-2-4-12(16)13(17)7-10/h2-7H,8,18H2,1H3. The molecule has 0 unspecified atom stereocenters. The molecule has 20 heavy (non-hydrogen) atoms. The molecule has 0 radical (unpaired) electrons. The van der Waals surface area contributed by atoms with Crippen LogP contribution in [0.1, 0.15) is 21.5 Å². The van der Waals surface area contributed by atoms with Gasteiger partial charge in [-0.05, 0) is 48.4 Å². The largest absolute Gasteiger partial charge is 0.457 e. The molecule has 0 bridgehead atoms. The van der Waals surface area contributed by atoms with Crippen molar-refractivity contribution in [1.82, 2.24) is 0 Å². The number of nitrogens with two attached hydrogens (primary N) is 1. The fourth-order valence-corrected chi connectivity index (χ4v) is 1.78. The van der Waals surface area contributed by atoms with Crippen LogP contribution in [0, 0.1) is 12.7 Å². The summed E-state index contributed by atoms with van der Waals surface area (Å²) in [6, 6.07) is 9.16. The molecule has 2 aromatic carbocycles. The zero-order valence-corrected chi connectivity index (χ0v) is 11.6. The van der Waals surface area contributed by atoms with Gasteiger partial charge in [-0.25, -0.2) is 9.18 Å². The maximum Gasteiger partial charge on any atom is 0.338 e. The molecule has 0 amide bonds. The fourth-order valence-electron chi connectivity index (χ4n) is 1.66. The highest BCUT2D eigenvalue weighted by atomic mass is 35.5. The summed E-state index contributed by atoms with van der Waals surface area (Å²) in [5.74, 6) is -1.02. The highest BCUT2D eigenvalue weighted by molar-refractivity contribution is 6.30. The number of rotatable bonds is 3. The van der Waals surface area contributed by atoms with Crippen LogP contribution in [-0.4, -0.2) is 5.97 Å². The highest BCUT2D eigenvalue weighted by Gasteiger charge is 2.09. The van der Waals surface area contributed by atoms with Crippen molar-refractivity contribution in [1.29, 1.82) is 0 Å². The predicted octanol–water partition coefficient (Wildman–Crippen LogP) is 3.73. The second kappa shape index (κ2) is 5.92. The monoisotopic (exact) mass is 293 g/mol.